The van der Waals surface area contributed by atoms with Crippen LogP contribution in [0.2, 0.25) is 0 Å². The van der Waals surface area contributed by atoms with E-state index >= 15 is 0 Å². The van der Waals surface area contributed by atoms with E-state index < -0.39 is 5.91 Å². The standard InChI is InChI=1S/C65H89N15O12.H2S/c1-45-43-92-29-24-79(45)61-52-15-17-54(70-60(52)72-65(73-61)77-22-27-86-28-23-77)49-10-7-11-50(40-49)63(83)67-18-25-85-30-32-88-34-36-90-38-39-91-37-35-89-33-31-87-26-21-76(6)19-9-13-55(81)78-20-8-12-51(42-78)80-62-57(59(66)68-44-69-62)58(74-80)64(84)71-53-16-14-48(46(2)47(53)3)41-56(82)75(4)5;/h7,9-11,13-17,40,44-45,51H,8,12,18-39,41-43H2,1-6H3,(H,67,83)(H,71,84)(H2,66,68,69);1H2/b13-9+;. The normalized spacial score (nSPS) is 16.1. The number of carbonyl (C=O) groups excluding carboxylic acids is 4. The number of ether oxygens (including phenoxy) is 8. The molecule has 3 saturated heterocycles. The van der Waals surface area contributed by atoms with Crippen molar-refractivity contribution in [2.24, 2.45) is 0 Å². The number of nitrogens with zero attached hydrogens (tertiary/aromatic N) is 12. The number of anilines is 4. The number of hydrogen-bond acceptors (Lipinski definition) is 22. The molecule has 27 nitrogen and oxygen atoms in total. The summed E-state index contributed by atoms with van der Waals surface area (Å²) in [6.07, 6.45) is 6.52. The molecule has 504 valence electrons. The molecule has 4 aromatic heterocycles. The van der Waals surface area contributed by atoms with Crippen LogP contribution in [0.25, 0.3) is 33.3 Å². The van der Waals surface area contributed by atoms with Crippen molar-refractivity contribution in [1.82, 2.24) is 54.7 Å². The third kappa shape index (κ3) is 20.0. The maximum absolute atomic E-state index is 13.9. The predicted octanol–water partition coefficient (Wildman–Crippen LogP) is 4.27. The molecule has 0 saturated carbocycles. The van der Waals surface area contributed by atoms with Crippen LogP contribution in [0.4, 0.5) is 23.3 Å². The monoisotopic (exact) mass is 1310 g/mol. The molecule has 3 aliphatic heterocycles. The molecule has 0 spiro atoms. The van der Waals surface area contributed by atoms with Gasteiger partial charge in [-0.3, -0.25) is 19.2 Å². The molecule has 9 rings (SSSR count). The van der Waals surface area contributed by atoms with Crippen molar-refractivity contribution in [2.45, 2.75) is 52.1 Å². The number of rotatable bonds is 33. The first-order valence-corrected chi connectivity index (χ1v) is 31.7. The fourth-order valence-electron chi connectivity index (χ4n) is 10.9. The number of piperidine rings is 1. The van der Waals surface area contributed by atoms with E-state index in [2.05, 4.69) is 42.2 Å². The van der Waals surface area contributed by atoms with Crippen LogP contribution in [-0.4, -0.2) is 258 Å². The molecular weight excluding hydrogens is 1210 g/mol. The summed E-state index contributed by atoms with van der Waals surface area (Å²) in [6.45, 7) is 18.2. The number of nitrogens with one attached hydrogen (secondary N) is 2. The van der Waals surface area contributed by atoms with Crippen molar-refractivity contribution in [3.63, 3.8) is 0 Å². The molecule has 4 amide bonds. The van der Waals surface area contributed by atoms with Gasteiger partial charge in [0, 0.05) is 89.3 Å². The highest BCUT2D eigenvalue weighted by molar-refractivity contribution is 7.59. The summed E-state index contributed by atoms with van der Waals surface area (Å²) in [4.78, 5) is 86.3. The van der Waals surface area contributed by atoms with E-state index in [1.54, 1.807) is 46.8 Å². The number of morpholine rings is 2. The molecule has 93 heavy (non-hydrogen) atoms. The van der Waals surface area contributed by atoms with Crippen LogP contribution < -0.4 is 26.2 Å². The minimum atomic E-state index is -0.468. The van der Waals surface area contributed by atoms with Crippen LogP contribution in [0.5, 0.6) is 0 Å². The Morgan fingerprint density at radius 2 is 1.45 bits per heavy atom. The molecular formula is C65H91N15O12S. The second kappa shape index (κ2) is 36.2. The molecule has 6 aromatic rings. The van der Waals surface area contributed by atoms with Crippen LogP contribution in [0.3, 0.4) is 0 Å². The van der Waals surface area contributed by atoms with Gasteiger partial charge in [0.05, 0.1) is 141 Å². The third-order valence-corrected chi connectivity index (χ3v) is 16.3. The number of nitrogens with two attached hydrogens (primary N) is 1. The van der Waals surface area contributed by atoms with Crippen molar-refractivity contribution < 1.29 is 57.1 Å². The minimum absolute atomic E-state index is 0. The van der Waals surface area contributed by atoms with Crippen molar-refractivity contribution in [1.29, 1.82) is 0 Å². The Morgan fingerprint density at radius 3 is 2.15 bits per heavy atom. The Bertz CT molecular complexity index is 3460. The van der Waals surface area contributed by atoms with Gasteiger partial charge in [0.1, 0.15) is 18.0 Å². The number of likely N-dealkylation sites (N-methyl/N-ethyl adjacent to an activating group) is 2. The molecule has 0 bridgehead atoms. The summed E-state index contributed by atoms with van der Waals surface area (Å²) in [5.74, 6) is 0.815. The molecule has 3 fully saturated rings. The lowest BCUT2D eigenvalue weighted by molar-refractivity contribution is -0.128. The molecule has 0 radical (unpaired) electrons. The first kappa shape index (κ1) is 71.3. The lowest BCUT2D eigenvalue weighted by atomic mass is 9.98. The van der Waals surface area contributed by atoms with Crippen LogP contribution >= 0.6 is 13.5 Å². The number of benzene rings is 2. The van der Waals surface area contributed by atoms with Crippen LogP contribution in [-0.2, 0) is 53.9 Å². The van der Waals surface area contributed by atoms with Crippen molar-refractivity contribution >= 4 is 82.5 Å². The smallest absolute Gasteiger partial charge is 0.277 e. The second-order valence-electron chi connectivity index (χ2n) is 23.1. The number of fused-ring (bicyclic) bond motifs is 2. The Morgan fingerprint density at radius 1 is 0.763 bits per heavy atom. The van der Waals surface area contributed by atoms with Gasteiger partial charge in [0.2, 0.25) is 17.8 Å². The summed E-state index contributed by atoms with van der Waals surface area (Å²) in [5.41, 5.74) is 12.7. The van der Waals surface area contributed by atoms with Gasteiger partial charge in [0.15, 0.2) is 17.0 Å². The summed E-state index contributed by atoms with van der Waals surface area (Å²) >= 11 is 0. The molecule has 28 heteroatoms. The lowest BCUT2D eigenvalue weighted by Crippen LogP contribution is -2.44. The first-order chi connectivity index (χ1) is 44.7. The zero-order chi connectivity index (χ0) is 64.8. The van der Waals surface area contributed by atoms with E-state index in [4.69, 9.17) is 63.7 Å². The van der Waals surface area contributed by atoms with Crippen molar-refractivity contribution in [3.05, 3.63) is 95.0 Å². The summed E-state index contributed by atoms with van der Waals surface area (Å²) in [7, 11) is 5.41. The predicted molar refractivity (Wildman–Crippen MR) is 359 cm³/mol. The maximum atomic E-state index is 13.9. The number of likely N-dealkylation sites (tertiary alicyclic amines) is 1. The molecule has 3 aliphatic rings. The number of pyridine rings is 1. The molecule has 0 aliphatic carbocycles. The summed E-state index contributed by atoms with van der Waals surface area (Å²) in [6, 6.07) is 14.9. The van der Waals surface area contributed by atoms with Crippen LogP contribution in [0.1, 0.15) is 63.3 Å². The van der Waals surface area contributed by atoms with Crippen LogP contribution in [0.15, 0.2) is 67.0 Å². The van der Waals surface area contributed by atoms with E-state index in [1.807, 2.05) is 63.4 Å². The Hall–Kier alpha value is -7.51. The molecule has 7 heterocycles. The fraction of sp³-hybridized carbons (Fsp3) is 0.538. The largest absolute Gasteiger partial charge is 0.383 e. The van der Waals surface area contributed by atoms with E-state index in [-0.39, 0.29) is 61.2 Å². The lowest BCUT2D eigenvalue weighted by Gasteiger charge is -2.35. The van der Waals surface area contributed by atoms with Gasteiger partial charge >= 0.3 is 0 Å². The van der Waals surface area contributed by atoms with Gasteiger partial charge in [-0.15, -0.1) is 0 Å². The highest BCUT2D eigenvalue weighted by atomic mass is 32.1. The number of nitrogen functional groups attached to an aromatic ring is 1. The summed E-state index contributed by atoms with van der Waals surface area (Å²) in [5, 5.41) is 11.9. The average Bonchev–Trinajstić information content (AvgIpc) is 1.80. The summed E-state index contributed by atoms with van der Waals surface area (Å²) < 4.78 is 47.0. The van der Waals surface area contributed by atoms with Gasteiger partial charge in [0.25, 0.3) is 11.8 Å². The number of aromatic nitrogens is 7. The Labute approximate surface area is 550 Å². The third-order valence-electron chi connectivity index (χ3n) is 16.3. The molecule has 2 atom stereocenters. The minimum Gasteiger partial charge on any atom is -0.383 e. The quantitative estimate of drug-likeness (QED) is 0.0383. The van der Waals surface area contributed by atoms with E-state index in [0.717, 1.165) is 52.8 Å². The van der Waals surface area contributed by atoms with Gasteiger partial charge in [-0.1, -0.05) is 24.3 Å². The van der Waals surface area contributed by atoms with Crippen LogP contribution in [0, 0.1) is 13.8 Å². The van der Waals surface area contributed by atoms with E-state index in [9.17, 15) is 19.2 Å². The molecule has 4 N–H and O–H groups in total. The Balaban J connectivity index is 0.0000111. The van der Waals surface area contributed by atoms with E-state index in [0.29, 0.717) is 191 Å². The van der Waals surface area contributed by atoms with Gasteiger partial charge < -0.3 is 78.8 Å². The second-order valence-corrected chi connectivity index (χ2v) is 23.1. The highest BCUT2D eigenvalue weighted by Crippen LogP contribution is 2.33. The Kier molecular flexibility index (Phi) is 27.8. The van der Waals surface area contributed by atoms with Crippen molar-refractivity contribution in [2.75, 3.05) is 200 Å². The molecule has 2 unspecified atom stereocenters. The maximum Gasteiger partial charge on any atom is 0.277 e. The first-order valence-electron chi connectivity index (χ1n) is 31.7. The van der Waals surface area contributed by atoms with E-state index in [1.165, 1.54) is 6.33 Å². The van der Waals surface area contributed by atoms with Gasteiger partial charge in [-0.2, -0.15) is 28.6 Å². The molecule has 2 aromatic carbocycles. The zero-order valence-electron chi connectivity index (χ0n) is 54.4. The highest BCUT2D eigenvalue weighted by Gasteiger charge is 2.31. The number of carbonyl (C=O) groups is 4. The van der Waals surface area contributed by atoms with Gasteiger partial charge in [-0.05, 0) is 87.7 Å². The number of hydrogen-bond donors (Lipinski definition) is 3. The van der Waals surface area contributed by atoms with Crippen molar-refractivity contribution in [3.8, 4) is 11.3 Å². The topological polar surface area (TPSA) is 291 Å². The average molecular weight is 1310 g/mol. The number of amides is 4. The SMILES string of the molecule is Cc1c(CC(=O)N(C)C)ccc(NC(=O)c2nn(C3CCCN(C(=O)/C=C/CN(C)CCOCCOCCOCCOCCOCCOCCNC(=O)c4cccc(-c5ccc6c(N7CCOCC7C)nc(N7CCOCC7)nc6n5)c4)C3)c3ncnc(N)c23)c1C.S. The fourth-order valence-corrected chi connectivity index (χ4v) is 10.9. The zero-order valence-corrected chi connectivity index (χ0v) is 55.4. The van der Waals surface area contributed by atoms with Gasteiger partial charge in [-0.25, -0.2) is 19.6 Å².